The second kappa shape index (κ2) is 5.41. The zero-order chi connectivity index (χ0) is 17.8. The Bertz CT molecular complexity index is 1200. The smallest absolute Gasteiger partial charge is 0.231 e. The van der Waals surface area contributed by atoms with Crippen LogP contribution in [-0.4, -0.2) is 18.6 Å². The zero-order valence-corrected chi connectivity index (χ0v) is 14.1. The summed E-state index contributed by atoms with van der Waals surface area (Å²) in [7, 11) is 0. The maximum absolute atomic E-state index is 6.03. The maximum Gasteiger partial charge on any atom is 0.231 e. The van der Waals surface area contributed by atoms with E-state index in [9.17, 15) is 0 Å². The van der Waals surface area contributed by atoms with Crippen LogP contribution < -0.4 is 18.9 Å². The first-order chi connectivity index (χ1) is 13.3. The molecular weight excluding hydrogens is 346 g/mol. The molecule has 0 fully saturated rings. The van der Waals surface area contributed by atoms with Crippen molar-refractivity contribution >= 4 is 11.1 Å². The Morgan fingerprint density at radius 1 is 0.704 bits per heavy atom. The number of oxazole rings is 1. The third kappa shape index (κ3) is 2.23. The molecule has 1 aromatic heterocycles. The number of benzene rings is 3. The van der Waals surface area contributed by atoms with E-state index in [1.165, 1.54) is 0 Å². The molecule has 0 aliphatic carbocycles. The molecule has 27 heavy (non-hydrogen) atoms. The van der Waals surface area contributed by atoms with Crippen molar-refractivity contribution in [3.05, 3.63) is 54.6 Å². The summed E-state index contributed by atoms with van der Waals surface area (Å²) in [4.78, 5) is 4.61. The predicted molar refractivity (Wildman–Crippen MR) is 97.1 cm³/mol. The molecule has 2 aliphatic heterocycles. The molecule has 6 heteroatoms. The van der Waals surface area contributed by atoms with E-state index in [1.807, 2.05) is 54.6 Å². The van der Waals surface area contributed by atoms with E-state index in [-0.39, 0.29) is 13.6 Å². The normalized spacial score (nSPS) is 14.1. The SMILES string of the molecule is c1cc2c(c(-c3nc4ccc(-c5ccc6c(c5)OCO6)cc4o3)c1)OCO2. The maximum atomic E-state index is 6.03. The Morgan fingerprint density at radius 3 is 2.52 bits per heavy atom. The van der Waals surface area contributed by atoms with Crippen molar-refractivity contribution in [1.29, 1.82) is 0 Å². The number of aromatic nitrogens is 1. The highest BCUT2D eigenvalue weighted by Gasteiger charge is 2.22. The van der Waals surface area contributed by atoms with Crippen molar-refractivity contribution in [3.8, 4) is 45.6 Å². The number of para-hydroxylation sites is 1. The molecule has 0 saturated carbocycles. The fourth-order valence-corrected chi connectivity index (χ4v) is 3.39. The molecule has 0 bridgehead atoms. The summed E-state index contributed by atoms with van der Waals surface area (Å²) in [6.07, 6.45) is 0. The first-order valence-corrected chi connectivity index (χ1v) is 8.55. The molecular formula is C21H13NO5. The summed E-state index contributed by atoms with van der Waals surface area (Å²) < 4.78 is 27.9. The Kier molecular flexibility index (Phi) is 2.90. The number of nitrogens with zero attached hydrogens (tertiary/aromatic N) is 1. The molecule has 0 spiro atoms. The van der Waals surface area contributed by atoms with Gasteiger partial charge in [-0.15, -0.1) is 0 Å². The van der Waals surface area contributed by atoms with Crippen LogP contribution in [0.3, 0.4) is 0 Å². The second-order valence-electron chi connectivity index (χ2n) is 6.31. The van der Waals surface area contributed by atoms with Crippen molar-refractivity contribution in [3.63, 3.8) is 0 Å². The summed E-state index contributed by atoms with van der Waals surface area (Å²) in [5.74, 6) is 3.40. The predicted octanol–water partition coefficient (Wildman–Crippen LogP) is 4.62. The summed E-state index contributed by atoms with van der Waals surface area (Å²) >= 11 is 0. The van der Waals surface area contributed by atoms with Gasteiger partial charge in [-0.05, 0) is 47.5 Å². The van der Waals surface area contributed by atoms with Crippen molar-refractivity contribution in [2.45, 2.75) is 0 Å². The van der Waals surface area contributed by atoms with Crippen LogP contribution in [0.25, 0.3) is 33.7 Å². The Labute approximate surface area is 153 Å². The Hall–Kier alpha value is -3.67. The fourth-order valence-electron chi connectivity index (χ4n) is 3.39. The largest absolute Gasteiger partial charge is 0.454 e. The van der Waals surface area contributed by atoms with E-state index in [2.05, 4.69) is 4.98 Å². The molecule has 0 N–H and O–H groups in total. The quantitative estimate of drug-likeness (QED) is 0.520. The van der Waals surface area contributed by atoms with Gasteiger partial charge >= 0.3 is 0 Å². The van der Waals surface area contributed by atoms with E-state index in [0.29, 0.717) is 23.0 Å². The van der Waals surface area contributed by atoms with E-state index in [4.69, 9.17) is 23.4 Å². The number of fused-ring (bicyclic) bond motifs is 3. The standard InChI is InChI=1S/C21H13NO5/c1-2-14(20-17(3-1)24-11-26-20)21-22-15-6-4-12(8-18(15)27-21)13-5-7-16-19(9-13)25-10-23-16/h1-9H,10-11H2. The van der Waals surface area contributed by atoms with Gasteiger partial charge in [0.05, 0.1) is 5.56 Å². The lowest BCUT2D eigenvalue weighted by atomic mass is 10.0. The number of rotatable bonds is 2. The third-order valence-electron chi connectivity index (χ3n) is 4.72. The average molecular weight is 359 g/mol. The molecule has 0 atom stereocenters. The van der Waals surface area contributed by atoms with Gasteiger partial charge in [0.2, 0.25) is 19.5 Å². The fraction of sp³-hybridized carbons (Fsp3) is 0.0952. The van der Waals surface area contributed by atoms with Gasteiger partial charge in [0.1, 0.15) is 5.52 Å². The van der Waals surface area contributed by atoms with Crippen LogP contribution in [0.4, 0.5) is 0 Å². The molecule has 6 nitrogen and oxygen atoms in total. The van der Waals surface area contributed by atoms with Gasteiger partial charge in [-0.25, -0.2) is 4.98 Å². The van der Waals surface area contributed by atoms with Crippen LogP contribution in [0.2, 0.25) is 0 Å². The summed E-state index contributed by atoms with van der Waals surface area (Å²) in [5.41, 5.74) is 4.31. The lowest BCUT2D eigenvalue weighted by Crippen LogP contribution is -1.93. The minimum atomic E-state index is 0.209. The number of hydrogen-bond donors (Lipinski definition) is 0. The van der Waals surface area contributed by atoms with E-state index < -0.39 is 0 Å². The topological polar surface area (TPSA) is 63.0 Å². The first kappa shape index (κ1) is 14.5. The summed E-state index contributed by atoms with van der Waals surface area (Å²) in [6.45, 7) is 0.470. The highest BCUT2D eigenvalue weighted by Crippen LogP contribution is 2.42. The van der Waals surface area contributed by atoms with Gasteiger partial charge in [-0.1, -0.05) is 18.2 Å². The lowest BCUT2D eigenvalue weighted by molar-refractivity contribution is 0.173. The van der Waals surface area contributed by atoms with Crippen molar-refractivity contribution < 1.29 is 23.4 Å². The van der Waals surface area contributed by atoms with Crippen LogP contribution in [-0.2, 0) is 0 Å². The van der Waals surface area contributed by atoms with E-state index in [0.717, 1.165) is 33.7 Å². The molecule has 0 saturated heterocycles. The monoisotopic (exact) mass is 359 g/mol. The molecule has 0 radical (unpaired) electrons. The Morgan fingerprint density at radius 2 is 1.52 bits per heavy atom. The molecule has 0 unspecified atom stereocenters. The molecule has 6 rings (SSSR count). The van der Waals surface area contributed by atoms with Crippen molar-refractivity contribution in [2.75, 3.05) is 13.6 Å². The lowest BCUT2D eigenvalue weighted by Gasteiger charge is -2.03. The molecule has 4 aromatic rings. The molecule has 3 aromatic carbocycles. The van der Waals surface area contributed by atoms with Crippen LogP contribution in [0.15, 0.2) is 59.0 Å². The molecule has 3 heterocycles. The minimum Gasteiger partial charge on any atom is -0.454 e. The highest BCUT2D eigenvalue weighted by atomic mass is 16.7. The minimum absolute atomic E-state index is 0.209. The van der Waals surface area contributed by atoms with Crippen LogP contribution in [0, 0.1) is 0 Å². The van der Waals surface area contributed by atoms with Gasteiger partial charge in [0, 0.05) is 0 Å². The van der Waals surface area contributed by atoms with Crippen LogP contribution in [0.1, 0.15) is 0 Å². The van der Waals surface area contributed by atoms with Gasteiger partial charge in [0.15, 0.2) is 28.6 Å². The average Bonchev–Trinajstić information content (AvgIpc) is 3.44. The molecule has 132 valence electrons. The van der Waals surface area contributed by atoms with E-state index in [1.54, 1.807) is 0 Å². The summed E-state index contributed by atoms with van der Waals surface area (Å²) in [6, 6.07) is 17.5. The van der Waals surface area contributed by atoms with E-state index >= 15 is 0 Å². The Balaban J connectivity index is 1.44. The van der Waals surface area contributed by atoms with Crippen molar-refractivity contribution in [1.82, 2.24) is 4.98 Å². The summed E-state index contributed by atoms with van der Waals surface area (Å²) in [5, 5.41) is 0. The molecule has 2 aliphatic rings. The van der Waals surface area contributed by atoms with Gasteiger partial charge in [-0.3, -0.25) is 0 Å². The van der Waals surface area contributed by atoms with Gasteiger partial charge < -0.3 is 23.4 Å². The van der Waals surface area contributed by atoms with Crippen LogP contribution >= 0.6 is 0 Å². The highest BCUT2D eigenvalue weighted by molar-refractivity contribution is 5.83. The third-order valence-corrected chi connectivity index (χ3v) is 4.72. The second-order valence-corrected chi connectivity index (χ2v) is 6.31. The number of ether oxygens (including phenoxy) is 4. The first-order valence-electron chi connectivity index (χ1n) is 8.55. The van der Waals surface area contributed by atoms with Crippen molar-refractivity contribution in [2.24, 2.45) is 0 Å². The van der Waals surface area contributed by atoms with Crippen LogP contribution in [0.5, 0.6) is 23.0 Å². The van der Waals surface area contributed by atoms with Gasteiger partial charge in [-0.2, -0.15) is 0 Å². The van der Waals surface area contributed by atoms with Gasteiger partial charge in [0.25, 0.3) is 0 Å². The zero-order valence-electron chi connectivity index (χ0n) is 14.1. The molecule has 0 amide bonds. The number of hydrogen-bond acceptors (Lipinski definition) is 6.